The molecule has 0 radical (unpaired) electrons. The van der Waals surface area contributed by atoms with Crippen molar-refractivity contribution in [3.8, 4) is 0 Å². The lowest BCUT2D eigenvalue weighted by atomic mass is 10.00. The molecule has 0 aromatic heterocycles. The van der Waals surface area contributed by atoms with E-state index in [0.717, 1.165) is 25.7 Å². The Morgan fingerprint density at radius 1 is 1.29 bits per heavy atom. The van der Waals surface area contributed by atoms with Crippen molar-refractivity contribution in [3.63, 3.8) is 0 Å². The van der Waals surface area contributed by atoms with Gasteiger partial charge in [-0.2, -0.15) is 4.31 Å². The van der Waals surface area contributed by atoms with Crippen molar-refractivity contribution < 1.29 is 22.7 Å². The summed E-state index contributed by atoms with van der Waals surface area (Å²) in [4.78, 5) is 26.6. The van der Waals surface area contributed by atoms with Crippen LogP contribution in [0.15, 0.2) is 29.2 Å². The maximum Gasteiger partial charge on any atom is 0.338 e. The highest BCUT2D eigenvalue weighted by Crippen LogP contribution is 2.20. The van der Waals surface area contributed by atoms with E-state index in [1.165, 1.54) is 35.6 Å². The molecule has 1 fully saturated rings. The number of esters is 1. The Balaban J connectivity index is 2.06. The Labute approximate surface area is 167 Å². The molecule has 0 aliphatic carbocycles. The number of hydrogen-bond acceptors (Lipinski definition) is 5. The third kappa shape index (κ3) is 5.11. The minimum atomic E-state index is -3.70. The lowest BCUT2D eigenvalue weighted by Gasteiger charge is -2.35. The number of carbonyl (C=O) groups excluding carboxylic acids is 2. The molecular weight excluding hydrogens is 380 g/mol. The number of ether oxygens (including phenoxy) is 1. The second-order valence-corrected chi connectivity index (χ2v) is 9.36. The van der Waals surface area contributed by atoms with Gasteiger partial charge < -0.3 is 9.64 Å². The zero-order valence-corrected chi connectivity index (χ0v) is 17.9. The van der Waals surface area contributed by atoms with E-state index in [2.05, 4.69) is 0 Å². The molecule has 1 aromatic carbocycles. The summed E-state index contributed by atoms with van der Waals surface area (Å²) in [6.07, 6.45) is 3.91. The van der Waals surface area contributed by atoms with Crippen LogP contribution in [0.5, 0.6) is 0 Å². The molecule has 1 saturated heterocycles. The van der Waals surface area contributed by atoms with E-state index in [9.17, 15) is 18.0 Å². The van der Waals surface area contributed by atoms with E-state index in [0.29, 0.717) is 6.54 Å². The highest BCUT2D eigenvalue weighted by Gasteiger charge is 2.27. The van der Waals surface area contributed by atoms with Gasteiger partial charge >= 0.3 is 5.97 Å². The van der Waals surface area contributed by atoms with Crippen LogP contribution < -0.4 is 0 Å². The summed E-state index contributed by atoms with van der Waals surface area (Å²) in [7, 11) is -2.21. The summed E-state index contributed by atoms with van der Waals surface area (Å²) in [5.74, 6) is -0.911. The summed E-state index contributed by atoms with van der Waals surface area (Å²) in [6, 6.07) is 5.69. The van der Waals surface area contributed by atoms with Crippen molar-refractivity contribution in [1.82, 2.24) is 9.21 Å². The molecule has 1 amide bonds. The highest BCUT2D eigenvalue weighted by molar-refractivity contribution is 7.89. The standard InChI is InChI=1S/C20H30N2O5S/c1-5-17-10-6-7-12-22(17)19(23)14-27-20(24)16-9-8-11-18(13-16)28(25,26)21(4)15(2)3/h8-9,11,13,15,17H,5-7,10,12,14H2,1-4H3. The van der Waals surface area contributed by atoms with E-state index in [1.807, 2.05) is 6.92 Å². The molecule has 156 valence electrons. The molecule has 2 rings (SSSR count). The molecule has 1 aliphatic heterocycles. The first-order valence-electron chi connectivity index (χ1n) is 9.73. The summed E-state index contributed by atoms with van der Waals surface area (Å²) in [5.41, 5.74) is 0.108. The SMILES string of the molecule is CCC1CCCCN1C(=O)COC(=O)c1cccc(S(=O)(=O)N(C)C(C)C)c1. The van der Waals surface area contributed by atoms with Gasteiger partial charge in [-0.3, -0.25) is 4.79 Å². The van der Waals surface area contributed by atoms with Crippen molar-refractivity contribution in [1.29, 1.82) is 0 Å². The van der Waals surface area contributed by atoms with Gasteiger partial charge in [0.2, 0.25) is 10.0 Å². The van der Waals surface area contributed by atoms with Crippen molar-refractivity contribution in [2.24, 2.45) is 0 Å². The van der Waals surface area contributed by atoms with Gasteiger partial charge in [-0.05, 0) is 57.7 Å². The van der Waals surface area contributed by atoms with Crippen molar-refractivity contribution in [2.45, 2.75) is 63.4 Å². The van der Waals surface area contributed by atoms with E-state index in [-0.39, 0.29) is 35.1 Å². The first-order valence-corrected chi connectivity index (χ1v) is 11.2. The molecule has 1 heterocycles. The molecular formula is C20H30N2O5S. The minimum absolute atomic E-state index is 0.0200. The quantitative estimate of drug-likeness (QED) is 0.645. The zero-order chi connectivity index (χ0) is 20.9. The molecule has 0 bridgehead atoms. The minimum Gasteiger partial charge on any atom is -0.452 e. The van der Waals surface area contributed by atoms with Crippen molar-refractivity contribution >= 4 is 21.9 Å². The van der Waals surface area contributed by atoms with Crippen LogP contribution in [0.3, 0.4) is 0 Å². The third-order valence-electron chi connectivity index (χ3n) is 5.22. The van der Waals surface area contributed by atoms with Gasteiger partial charge in [0.1, 0.15) is 0 Å². The van der Waals surface area contributed by atoms with E-state index in [4.69, 9.17) is 4.74 Å². The molecule has 0 spiro atoms. The number of likely N-dealkylation sites (tertiary alicyclic amines) is 1. The molecule has 0 N–H and O–H groups in total. The second-order valence-electron chi connectivity index (χ2n) is 7.36. The summed E-state index contributed by atoms with van der Waals surface area (Å²) in [6.45, 7) is 5.93. The molecule has 0 saturated carbocycles. The normalized spacial score (nSPS) is 17.8. The lowest BCUT2D eigenvalue weighted by Crippen LogP contribution is -2.45. The van der Waals surface area contributed by atoms with Crippen LogP contribution >= 0.6 is 0 Å². The van der Waals surface area contributed by atoms with Crippen LogP contribution in [-0.4, -0.2) is 61.8 Å². The van der Waals surface area contributed by atoms with Gasteiger partial charge in [0.05, 0.1) is 10.5 Å². The summed E-state index contributed by atoms with van der Waals surface area (Å²) >= 11 is 0. The monoisotopic (exact) mass is 410 g/mol. The van der Waals surface area contributed by atoms with E-state index < -0.39 is 16.0 Å². The van der Waals surface area contributed by atoms with Gasteiger partial charge in [0.15, 0.2) is 6.61 Å². The largest absolute Gasteiger partial charge is 0.452 e. The molecule has 7 nitrogen and oxygen atoms in total. The Bertz CT molecular complexity index is 807. The molecule has 1 unspecified atom stereocenters. The van der Waals surface area contributed by atoms with Crippen LogP contribution in [0.4, 0.5) is 0 Å². The number of carbonyl (C=O) groups is 2. The Hall–Kier alpha value is -1.93. The maximum atomic E-state index is 12.6. The Morgan fingerprint density at radius 3 is 2.64 bits per heavy atom. The summed E-state index contributed by atoms with van der Waals surface area (Å²) < 4.78 is 31.6. The zero-order valence-electron chi connectivity index (χ0n) is 17.1. The fourth-order valence-electron chi connectivity index (χ4n) is 3.27. The third-order valence-corrected chi connectivity index (χ3v) is 7.25. The predicted molar refractivity (Wildman–Crippen MR) is 106 cm³/mol. The number of piperidine rings is 1. The maximum absolute atomic E-state index is 12.6. The van der Waals surface area contributed by atoms with Gasteiger partial charge in [0.25, 0.3) is 5.91 Å². The number of amides is 1. The van der Waals surface area contributed by atoms with Crippen molar-refractivity contribution in [3.05, 3.63) is 29.8 Å². The van der Waals surface area contributed by atoms with Crippen molar-refractivity contribution in [2.75, 3.05) is 20.2 Å². The number of rotatable bonds is 7. The first-order chi connectivity index (χ1) is 13.2. The molecule has 28 heavy (non-hydrogen) atoms. The number of hydrogen-bond donors (Lipinski definition) is 0. The average Bonchev–Trinajstić information content (AvgIpc) is 2.70. The van der Waals surface area contributed by atoms with Gasteiger partial charge in [-0.15, -0.1) is 0 Å². The Morgan fingerprint density at radius 2 is 2.00 bits per heavy atom. The van der Waals surface area contributed by atoms with Crippen LogP contribution in [0, 0.1) is 0 Å². The van der Waals surface area contributed by atoms with Gasteiger partial charge in [-0.25, -0.2) is 13.2 Å². The first kappa shape index (κ1) is 22.4. The summed E-state index contributed by atoms with van der Waals surface area (Å²) in [5, 5.41) is 0. The molecule has 1 atom stereocenters. The predicted octanol–water partition coefficient (Wildman–Crippen LogP) is 2.66. The fraction of sp³-hybridized carbons (Fsp3) is 0.600. The highest BCUT2D eigenvalue weighted by atomic mass is 32.2. The van der Waals surface area contributed by atoms with Gasteiger partial charge in [-0.1, -0.05) is 13.0 Å². The fourth-order valence-corrected chi connectivity index (χ4v) is 4.69. The number of nitrogens with zero attached hydrogens (tertiary/aromatic N) is 2. The van der Waals surface area contributed by atoms with Gasteiger partial charge in [0, 0.05) is 25.7 Å². The van der Waals surface area contributed by atoms with E-state index >= 15 is 0 Å². The number of sulfonamides is 1. The molecule has 1 aromatic rings. The topological polar surface area (TPSA) is 84.0 Å². The molecule has 8 heteroatoms. The lowest BCUT2D eigenvalue weighted by molar-refractivity contribution is -0.138. The second kappa shape index (κ2) is 9.52. The van der Waals surface area contributed by atoms with Crippen LogP contribution in [0.2, 0.25) is 0 Å². The smallest absolute Gasteiger partial charge is 0.338 e. The molecule has 1 aliphatic rings. The Kier molecular flexibility index (Phi) is 7.60. The van der Waals surface area contributed by atoms with Crippen LogP contribution in [0.25, 0.3) is 0 Å². The number of benzene rings is 1. The van der Waals surface area contributed by atoms with E-state index in [1.54, 1.807) is 18.7 Å². The average molecular weight is 411 g/mol. The van der Waals surface area contributed by atoms with Crippen LogP contribution in [0.1, 0.15) is 56.8 Å². The van der Waals surface area contributed by atoms with Crippen LogP contribution in [-0.2, 0) is 19.6 Å².